The van der Waals surface area contributed by atoms with Crippen LogP contribution in [0.2, 0.25) is 0 Å². The summed E-state index contributed by atoms with van der Waals surface area (Å²) in [5, 5.41) is 28.3. The number of carbonyl (C=O) groups is 2. The lowest BCUT2D eigenvalue weighted by Gasteiger charge is -2.17. The Morgan fingerprint density at radius 1 is 1.16 bits per heavy atom. The van der Waals surface area contributed by atoms with Gasteiger partial charge in [-0.3, -0.25) is 23.9 Å². The van der Waals surface area contributed by atoms with Gasteiger partial charge >= 0.3 is 0 Å². The van der Waals surface area contributed by atoms with Crippen molar-refractivity contribution >= 4 is 23.2 Å². The fourth-order valence-corrected chi connectivity index (χ4v) is 3.52. The zero-order valence-electron chi connectivity index (χ0n) is 17.8. The Kier molecular flexibility index (Phi) is 6.02. The second-order valence-corrected chi connectivity index (χ2v) is 7.57. The van der Waals surface area contributed by atoms with Crippen molar-refractivity contribution in [1.82, 2.24) is 9.47 Å². The topological polar surface area (TPSA) is 128 Å². The van der Waals surface area contributed by atoms with Crippen LogP contribution in [0.15, 0.2) is 33.2 Å². The fourth-order valence-electron chi connectivity index (χ4n) is 3.52. The third-order valence-corrected chi connectivity index (χ3v) is 5.20. The summed E-state index contributed by atoms with van der Waals surface area (Å²) in [6.07, 6.45) is 1.42. The van der Waals surface area contributed by atoms with Gasteiger partial charge in [0.2, 0.25) is 5.88 Å². The highest BCUT2D eigenvalue weighted by atomic mass is 16.3. The number of aromatic nitrogens is 1. The molecule has 1 N–H and O–H groups in total. The Hall–Kier alpha value is -3.80. The van der Waals surface area contributed by atoms with E-state index in [2.05, 4.69) is 10.2 Å². The SMILES string of the molecule is CCCCn1c(O)c(/N=N/c2cccc3c2C(=O)N(C(C)C)C3=O)c(C)c(C#N)c1=O. The first-order valence-corrected chi connectivity index (χ1v) is 10.0. The van der Waals surface area contributed by atoms with Crippen LogP contribution in [0.1, 0.15) is 65.5 Å². The molecule has 160 valence electrons. The highest BCUT2D eigenvalue weighted by Crippen LogP contribution is 2.36. The van der Waals surface area contributed by atoms with Crippen LogP contribution in [0.3, 0.4) is 0 Å². The van der Waals surface area contributed by atoms with Crippen molar-refractivity contribution in [3.05, 3.63) is 50.8 Å². The number of carbonyl (C=O) groups excluding carboxylic acids is 2. The summed E-state index contributed by atoms with van der Waals surface area (Å²) in [4.78, 5) is 39.1. The minimum Gasteiger partial charge on any atom is -0.493 e. The molecule has 2 heterocycles. The van der Waals surface area contributed by atoms with Gasteiger partial charge in [0, 0.05) is 18.2 Å². The molecule has 0 unspecified atom stereocenters. The quantitative estimate of drug-likeness (QED) is 0.558. The Morgan fingerprint density at radius 3 is 2.48 bits per heavy atom. The smallest absolute Gasteiger partial charge is 0.271 e. The molecule has 0 fully saturated rings. The first kappa shape index (κ1) is 21.9. The van der Waals surface area contributed by atoms with Crippen LogP contribution in [-0.4, -0.2) is 32.4 Å². The molecule has 1 aliphatic heterocycles. The standard InChI is InChI=1S/C22H23N5O4/c1-5-6-10-26-19(28)15(11-23)13(4)18(22(26)31)25-24-16-9-7-8-14-17(16)21(30)27(12(2)3)20(14)29/h7-9,12,31H,5-6,10H2,1-4H3/b25-24+. The van der Waals surface area contributed by atoms with Crippen LogP contribution in [0.5, 0.6) is 5.88 Å². The average molecular weight is 421 g/mol. The lowest BCUT2D eigenvalue weighted by atomic mass is 10.1. The average Bonchev–Trinajstić information content (AvgIpc) is 2.99. The van der Waals surface area contributed by atoms with Gasteiger partial charge in [-0.1, -0.05) is 19.4 Å². The number of azo groups is 1. The molecule has 3 rings (SSSR count). The minimum atomic E-state index is -0.584. The van der Waals surface area contributed by atoms with E-state index >= 15 is 0 Å². The van der Waals surface area contributed by atoms with E-state index in [-0.39, 0.29) is 46.2 Å². The summed E-state index contributed by atoms with van der Waals surface area (Å²) in [6.45, 7) is 7.16. The van der Waals surface area contributed by atoms with E-state index in [4.69, 9.17) is 0 Å². The van der Waals surface area contributed by atoms with Crippen molar-refractivity contribution < 1.29 is 14.7 Å². The van der Waals surface area contributed by atoms with Crippen LogP contribution in [0.25, 0.3) is 0 Å². The second kappa shape index (κ2) is 8.52. The normalized spacial score (nSPS) is 13.4. The van der Waals surface area contributed by atoms with E-state index in [1.165, 1.54) is 6.92 Å². The van der Waals surface area contributed by atoms with Crippen LogP contribution in [0, 0.1) is 18.3 Å². The first-order chi connectivity index (χ1) is 14.7. The number of hydrogen-bond acceptors (Lipinski definition) is 7. The Bertz CT molecular complexity index is 1200. The van der Waals surface area contributed by atoms with Gasteiger partial charge in [-0.2, -0.15) is 5.26 Å². The molecule has 0 spiro atoms. The van der Waals surface area contributed by atoms with Crippen LogP contribution in [-0.2, 0) is 6.54 Å². The molecule has 1 aromatic carbocycles. The number of aromatic hydroxyl groups is 1. The van der Waals surface area contributed by atoms with E-state index in [1.54, 1.807) is 32.0 Å². The molecule has 1 aliphatic rings. The monoisotopic (exact) mass is 421 g/mol. The van der Waals surface area contributed by atoms with Crippen molar-refractivity contribution in [2.75, 3.05) is 0 Å². The molecule has 2 aromatic rings. The van der Waals surface area contributed by atoms with Crippen molar-refractivity contribution in [3.63, 3.8) is 0 Å². The molecule has 0 radical (unpaired) electrons. The Balaban J connectivity index is 2.13. The van der Waals surface area contributed by atoms with Gasteiger partial charge in [0.05, 0.1) is 16.8 Å². The maximum atomic E-state index is 12.8. The number of imide groups is 1. The molecule has 0 saturated carbocycles. The number of rotatable bonds is 6. The lowest BCUT2D eigenvalue weighted by molar-refractivity contribution is 0.0609. The zero-order valence-corrected chi connectivity index (χ0v) is 17.8. The van der Waals surface area contributed by atoms with Gasteiger partial charge in [-0.25, -0.2) is 0 Å². The predicted molar refractivity (Wildman–Crippen MR) is 113 cm³/mol. The maximum Gasteiger partial charge on any atom is 0.271 e. The van der Waals surface area contributed by atoms with E-state index in [0.717, 1.165) is 15.9 Å². The summed E-state index contributed by atoms with van der Waals surface area (Å²) >= 11 is 0. The third kappa shape index (κ3) is 3.61. The van der Waals surface area contributed by atoms with Crippen LogP contribution >= 0.6 is 0 Å². The Morgan fingerprint density at radius 2 is 1.87 bits per heavy atom. The highest BCUT2D eigenvalue weighted by molar-refractivity contribution is 6.23. The number of amides is 2. The molecular weight excluding hydrogens is 398 g/mol. The fraction of sp³-hybridized carbons (Fsp3) is 0.364. The summed E-state index contributed by atoms with van der Waals surface area (Å²) in [5.41, 5.74) is 0.00565. The molecular formula is C22H23N5O4. The van der Waals surface area contributed by atoms with Crippen molar-refractivity contribution in [1.29, 1.82) is 5.26 Å². The van der Waals surface area contributed by atoms with Crippen molar-refractivity contribution in [2.45, 2.75) is 53.1 Å². The lowest BCUT2D eigenvalue weighted by Crippen LogP contribution is -2.35. The molecule has 1 aromatic heterocycles. The van der Waals surface area contributed by atoms with Gasteiger partial charge in [-0.15, -0.1) is 10.2 Å². The minimum absolute atomic E-state index is 0.0256. The predicted octanol–water partition coefficient (Wildman–Crippen LogP) is 3.95. The van der Waals surface area contributed by atoms with E-state index in [9.17, 15) is 24.8 Å². The highest BCUT2D eigenvalue weighted by Gasteiger charge is 2.39. The summed E-state index contributed by atoms with van der Waals surface area (Å²) in [5.74, 6) is -1.25. The van der Waals surface area contributed by atoms with Crippen molar-refractivity contribution in [2.24, 2.45) is 10.2 Å². The maximum absolute atomic E-state index is 12.8. The molecule has 0 atom stereocenters. The van der Waals surface area contributed by atoms with Gasteiger partial charge in [-0.05, 0) is 39.3 Å². The van der Waals surface area contributed by atoms with Crippen LogP contribution in [0.4, 0.5) is 11.4 Å². The van der Waals surface area contributed by atoms with Crippen molar-refractivity contribution in [3.8, 4) is 11.9 Å². The first-order valence-electron chi connectivity index (χ1n) is 10.0. The molecule has 2 amide bonds. The largest absolute Gasteiger partial charge is 0.493 e. The van der Waals surface area contributed by atoms with Gasteiger partial charge < -0.3 is 5.11 Å². The summed E-state index contributed by atoms with van der Waals surface area (Å²) in [6, 6.07) is 6.24. The van der Waals surface area contributed by atoms with E-state index in [0.29, 0.717) is 6.42 Å². The molecule has 9 nitrogen and oxygen atoms in total. The zero-order chi connectivity index (χ0) is 22.9. The number of nitrogens with zero attached hydrogens (tertiary/aromatic N) is 5. The number of benzene rings is 1. The molecule has 0 aliphatic carbocycles. The van der Waals surface area contributed by atoms with Crippen LogP contribution < -0.4 is 5.56 Å². The molecule has 31 heavy (non-hydrogen) atoms. The third-order valence-electron chi connectivity index (χ3n) is 5.20. The molecule has 9 heteroatoms. The summed E-state index contributed by atoms with van der Waals surface area (Å²) < 4.78 is 1.11. The number of unbranched alkanes of at least 4 members (excludes halogenated alkanes) is 1. The van der Waals surface area contributed by atoms with Gasteiger partial charge in [0.1, 0.15) is 11.6 Å². The van der Waals surface area contributed by atoms with E-state index < -0.39 is 23.3 Å². The molecule has 0 saturated heterocycles. The number of fused-ring (bicyclic) bond motifs is 1. The van der Waals surface area contributed by atoms with Gasteiger partial charge in [0.15, 0.2) is 5.69 Å². The van der Waals surface area contributed by atoms with E-state index in [1.807, 2.05) is 13.0 Å². The number of hydrogen-bond donors (Lipinski definition) is 1. The second-order valence-electron chi connectivity index (χ2n) is 7.57. The number of pyridine rings is 1. The Labute approximate surface area is 179 Å². The number of nitriles is 1. The molecule has 0 bridgehead atoms. The van der Waals surface area contributed by atoms with Gasteiger partial charge in [0.25, 0.3) is 17.4 Å². The summed E-state index contributed by atoms with van der Waals surface area (Å²) in [7, 11) is 0.